The second-order valence-electron chi connectivity index (χ2n) is 8.49. The number of carbonyl (C=O) groups excluding carboxylic acids is 1. The highest BCUT2D eigenvalue weighted by atomic mass is 19.1. The first-order valence-corrected chi connectivity index (χ1v) is 8.79. The fourth-order valence-electron chi connectivity index (χ4n) is 6.29. The van der Waals surface area contributed by atoms with Crippen LogP contribution >= 0.6 is 0 Å². The van der Waals surface area contributed by atoms with Gasteiger partial charge in [-0.1, -0.05) is 26.5 Å². The van der Waals surface area contributed by atoms with Crippen molar-refractivity contribution in [3.63, 3.8) is 0 Å². The van der Waals surface area contributed by atoms with Crippen LogP contribution in [0.4, 0.5) is 4.39 Å². The zero-order valence-electron chi connectivity index (χ0n) is 13.9. The second-order valence-corrected chi connectivity index (χ2v) is 8.49. The van der Waals surface area contributed by atoms with Gasteiger partial charge in [0.1, 0.15) is 0 Å². The fraction of sp³-hybridized carbons (Fsp3) is 0.650. The van der Waals surface area contributed by atoms with E-state index >= 15 is 0 Å². The average molecular weight is 316 g/mol. The van der Waals surface area contributed by atoms with Gasteiger partial charge in [-0.3, -0.25) is 4.79 Å². The molecule has 3 saturated carbocycles. The standard InChI is InChI=1S/C20H25FO2/c1-11-10-12-13-4-5-16(23)19(13,2)8-6-14(12)20(3)9-7-15(22)18(21)17(11)20/h7,9,12-14,16,23H,1,4-6,8,10H2,2-3H3/t12-,13-,14-,16-,19-,20+/m0/s1. The van der Waals surface area contributed by atoms with E-state index < -0.39 is 17.0 Å². The monoisotopic (exact) mass is 316 g/mol. The molecule has 0 amide bonds. The molecule has 0 aromatic rings. The Bertz CT molecular complexity index is 661. The SMILES string of the molecule is C=C1C[C@H]2[C@@H]3CC[C@H](O)[C@@]3(C)CC[C@@H]2[C@@]2(C)C=CC(=O)C(F)=C12. The minimum Gasteiger partial charge on any atom is -0.393 e. The van der Waals surface area contributed by atoms with Gasteiger partial charge in [-0.2, -0.15) is 0 Å². The Kier molecular flexibility index (Phi) is 3.10. The van der Waals surface area contributed by atoms with Crippen LogP contribution < -0.4 is 0 Å². The first kappa shape index (κ1) is 15.3. The lowest BCUT2D eigenvalue weighted by atomic mass is 9.47. The molecule has 3 fully saturated rings. The molecule has 0 aromatic carbocycles. The third-order valence-corrected chi connectivity index (χ3v) is 7.55. The molecule has 3 heteroatoms. The maximum atomic E-state index is 14.6. The van der Waals surface area contributed by atoms with Crippen LogP contribution in [0, 0.1) is 28.6 Å². The van der Waals surface area contributed by atoms with Crippen LogP contribution in [-0.4, -0.2) is 17.0 Å². The number of halogens is 1. The van der Waals surface area contributed by atoms with Crippen molar-refractivity contribution in [1.82, 2.24) is 0 Å². The summed E-state index contributed by atoms with van der Waals surface area (Å²) in [6.45, 7) is 8.42. The average Bonchev–Trinajstić information content (AvgIpc) is 2.79. The molecule has 4 aliphatic rings. The van der Waals surface area contributed by atoms with Gasteiger partial charge >= 0.3 is 0 Å². The first-order valence-electron chi connectivity index (χ1n) is 8.79. The van der Waals surface area contributed by atoms with E-state index in [0.717, 1.165) is 37.7 Å². The Balaban J connectivity index is 1.79. The molecule has 1 N–H and O–H groups in total. The molecule has 124 valence electrons. The zero-order chi connectivity index (χ0) is 16.6. The van der Waals surface area contributed by atoms with Gasteiger partial charge in [0, 0.05) is 11.0 Å². The summed E-state index contributed by atoms with van der Waals surface area (Å²) < 4.78 is 14.6. The molecular weight excluding hydrogens is 291 g/mol. The Hall–Kier alpha value is -1.22. The number of allylic oxidation sites excluding steroid dienone is 5. The Morgan fingerprint density at radius 2 is 2.00 bits per heavy atom. The molecule has 0 saturated heterocycles. The van der Waals surface area contributed by atoms with Crippen molar-refractivity contribution in [1.29, 1.82) is 0 Å². The van der Waals surface area contributed by atoms with E-state index in [1.54, 1.807) is 0 Å². The van der Waals surface area contributed by atoms with Gasteiger partial charge in [0.25, 0.3) is 0 Å². The number of aliphatic hydroxyl groups excluding tert-OH is 1. The molecule has 4 rings (SSSR count). The van der Waals surface area contributed by atoms with E-state index in [1.165, 1.54) is 6.08 Å². The van der Waals surface area contributed by atoms with Gasteiger partial charge in [0.15, 0.2) is 5.83 Å². The van der Waals surface area contributed by atoms with Crippen molar-refractivity contribution in [3.05, 3.63) is 35.7 Å². The highest BCUT2D eigenvalue weighted by Crippen LogP contribution is 2.65. The van der Waals surface area contributed by atoms with Gasteiger partial charge < -0.3 is 5.11 Å². The lowest BCUT2D eigenvalue weighted by Crippen LogP contribution is -2.51. The van der Waals surface area contributed by atoms with Crippen LogP contribution in [0.5, 0.6) is 0 Å². The molecule has 0 bridgehead atoms. The van der Waals surface area contributed by atoms with Crippen LogP contribution in [0.15, 0.2) is 35.7 Å². The molecule has 4 aliphatic carbocycles. The van der Waals surface area contributed by atoms with E-state index in [9.17, 15) is 14.3 Å². The van der Waals surface area contributed by atoms with E-state index in [4.69, 9.17) is 0 Å². The summed E-state index contributed by atoms with van der Waals surface area (Å²) >= 11 is 0. The van der Waals surface area contributed by atoms with Crippen molar-refractivity contribution in [2.24, 2.45) is 28.6 Å². The zero-order valence-corrected chi connectivity index (χ0v) is 13.9. The van der Waals surface area contributed by atoms with Crippen molar-refractivity contribution >= 4 is 5.78 Å². The predicted octanol–water partition coefficient (Wildman–Crippen LogP) is 4.12. The molecular formula is C20H25FO2. The van der Waals surface area contributed by atoms with Crippen LogP contribution in [0.3, 0.4) is 0 Å². The maximum Gasteiger partial charge on any atom is 0.214 e. The highest BCUT2D eigenvalue weighted by molar-refractivity contribution is 6.05. The number of hydrogen-bond acceptors (Lipinski definition) is 2. The van der Waals surface area contributed by atoms with Gasteiger partial charge in [-0.05, 0) is 66.9 Å². The van der Waals surface area contributed by atoms with Crippen molar-refractivity contribution < 1.29 is 14.3 Å². The van der Waals surface area contributed by atoms with Gasteiger partial charge in [-0.25, -0.2) is 4.39 Å². The quantitative estimate of drug-likeness (QED) is 0.730. The Labute approximate surface area is 137 Å². The third kappa shape index (κ3) is 1.80. The molecule has 0 unspecified atom stereocenters. The third-order valence-electron chi connectivity index (χ3n) is 7.55. The van der Waals surface area contributed by atoms with E-state index in [-0.39, 0.29) is 11.5 Å². The summed E-state index contributed by atoms with van der Waals surface area (Å²) in [5, 5.41) is 10.5. The molecule has 0 aliphatic heterocycles. The highest BCUT2D eigenvalue weighted by Gasteiger charge is 2.59. The van der Waals surface area contributed by atoms with Gasteiger partial charge in [0.05, 0.1) is 6.10 Å². The second kappa shape index (κ2) is 4.66. The summed E-state index contributed by atoms with van der Waals surface area (Å²) in [6, 6.07) is 0. The van der Waals surface area contributed by atoms with E-state index in [0.29, 0.717) is 23.3 Å². The summed E-state index contributed by atoms with van der Waals surface area (Å²) in [6.07, 6.45) is 7.76. The summed E-state index contributed by atoms with van der Waals surface area (Å²) in [7, 11) is 0. The minimum atomic E-state index is -0.599. The number of ketones is 1. The van der Waals surface area contributed by atoms with Gasteiger partial charge in [-0.15, -0.1) is 0 Å². The lowest BCUT2D eigenvalue weighted by Gasteiger charge is -2.57. The number of carbonyl (C=O) groups is 1. The molecule has 23 heavy (non-hydrogen) atoms. The Morgan fingerprint density at radius 3 is 2.74 bits per heavy atom. The van der Waals surface area contributed by atoms with Crippen LogP contribution in [-0.2, 0) is 4.79 Å². The van der Waals surface area contributed by atoms with Crippen molar-refractivity contribution in [2.45, 2.75) is 52.1 Å². The van der Waals surface area contributed by atoms with Gasteiger partial charge in [0.2, 0.25) is 5.78 Å². The number of aliphatic hydroxyl groups is 1. The van der Waals surface area contributed by atoms with Crippen molar-refractivity contribution in [3.8, 4) is 0 Å². The molecule has 0 radical (unpaired) electrons. The topological polar surface area (TPSA) is 37.3 Å². The van der Waals surface area contributed by atoms with Crippen LogP contribution in [0.2, 0.25) is 0 Å². The Morgan fingerprint density at radius 1 is 1.26 bits per heavy atom. The van der Waals surface area contributed by atoms with E-state index in [2.05, 4.69) is 20.4 Å². The van der Waals surface area contributed by atoms with Crippen LogP contribution in [0.25, 0.3) is 0 Å². The molecule has 2 nitrogen and oxygen atoms in total. The van der Waals surface area contributed by atoms with Crippen LogP contribution in [0.1, 0.15) is 46.0 Å². The van der Waals surface area contributed by atoms with Crippen molar-refractivity contribution in [2.75, 3.05) is 0 Å². The normalized spacial score (nSPS) is 49.0. The van der Waals surface area contributed by atoms with E-state index in [1.807, 2.05) is 6.08 Å². The fourth-order valence-corrected chi connectivity index (χ4v) is 6.29. The molecule has 0 spiro atoms. The first-order chi connectivity index (χ1) is 10.8. The molecule has 0 heterocycles. The largest absolute Gasteiger partial charge is 0.393 e. The lowest BCUT2D eigenvalue weighted by molar-refractivity contribution is -0.113. The number of fused-ring (bicyclic) bond motifs is 5. The smallest absolute Gasteiger partial charge is 0.214 e. The number of hydrogen-bond donors (Lipinski definition) is 1. The predicted molar refractivity (Wildman–Crippen MR) is 87.2 cm³/mol. The maximum absolute atomic E-state index is 14.6. The number of rotatable bonds is 0. The summed E-state index contributed by atoms with van der Waals surface area (Å²) in [5.41, 5.74) is 0.904. The molecule has 0 aromatic heterocycles. The summed E-state index contributed by atoms with van der Waals surface area (Å²) in [4.78, 5) is 11.8. The molecule has 6 atom stereocenters. The minimum absolute atomic E-state index is 0.00817. The summed E-state index contributed by atoms with van der Waals surface area (Å²) in [5.74, 6) is 0.118.